The van der Waals surface area contributed by atoms with Crippen LogP contribution in [0.5, 0.6) is 0 Å². The standard InChI is InChI=1S/C24H29N5/c1-17-9-10-24-20(13-17)14-22(28-24)15-26-19(3)27-21-7-6-12-29(16-21)18(2)23-8-4-5-11-25-23/h4-5,8-11,13-14,21,26-28H,2-3,6-7,12,15-16H2,1H3. The Labute approximate surface area is 172 Å². The first kappa shape index (κ1) is 19.1. The van der Waals surface area contributed by atoms with Crippen molar-refractivity contribution in [3.05, 3.63) is 84.6 Å². The highest BCUT2D eigenvalue weighted by atomic mass is 15.2. The maximum Gasteiger partial charge on any atom is 0.0918 e. The number of piperidine rings is 1. The van der Waals surface area contributed by atoms with Crippen molar-refractivity contribution in [2.75, 3.05) is 13.1 Å². The Bertz CT molecular complexity index is 1000. The molecular formula is C24H29N5. The van der Waals surface area contributed by atoms with Crippen LogP contribution in [0.25, 0.3) is 16.6 Å². The number of fused-ring (bicyclic) bond motifs is 1. The third-order valence-electron chi connectivity index (χ3n) is 5.47. The van der Waals surface area contributed by atoms with E-state index in [0.29, 0.717) is 6.04 Å². The fourth-order valence-corrected chi connectivity index (χ4v) is 3.94. The molecule has 4 rings (SSSR count). The largest absolute Gasteiger partial charge is 0.368 e. The van der Waals surface area contributed by atoms with Gasteiger partial charge in [-0.1, -0.05) is 30.9 Å². The summed E-state index contributed by atoms with van der Waals surface area (Å²) in [5.41, 5.74) is 5.53. The van der Waals surface area contributed by atoms with Crippen LogP contribution < -0.4 is 10.6 Å². The summed E-state index contributed by atoms with van der Waals surface area (Å²) >= 11 is 0. The molecule has 150 valence electrons. The number of aromatic nitrogens is 2. The zero-order chi connectivity index (χ0) is 20.2. The number of pyridine rings is 1. The van der Waals surface area contributed by atoms with Crippen LogP contribution in [0, 0.1) is 6.92 Å². The van der Waals surface area contributed by atoms with Crippen molar-refractivity contribution in [3.8, 4) is 0 Å². The highest BCUT2D eigenvalue weighted by Crippen LogP contribution is 2.21. The van der Waals surface area contributed by atoms with Crippen LogP contribution in [-0.2, 0) is 6.54 Å². The number of hydrogen-bond donors (Lipinski definition) is 3. The summed E-state index contributed by atoms with van der Waals surface area (Å²) < 4.78 is 0. The lowest BCUT2D eigenvalue weighted by Gasteiger charge is -2.36. The molecule has 0 saturated carbocycles. The topological polar surface area (TPSA) is 56.0 Å². The van der Waals surface area contributed by atoms with Gasteiger partial charge in [0.15, 0.2) is 0 Å². The molecule has 3 aromatic rings. The van der Waals surface area contributed by atoms with Crippen molar-refractivity contribution in [1.82, 2.24) is 25.5 Å². The lowest BCUT2D eigenvalue weighted by molar-refractivity contribution is 0.271. The van der Waals surface area contributed by atoms with Crippen LogP contribution in [0.3, 0.4) is 0 Å². The molecule has 0 amide bonds. The summed E-state index contributed by atoms with van der Waals surface area (Å²) in [4.78, 5) is 10.2. The fraction of sp³-hybridized carbons (Fsp3) is 0.292. The van der Waals surface area contributed by atoms with Gasteiger partial charge >= 0.3 is 0 Å². The Morgan fingerprint density at radius 3 is 2.97 bits per heavy atom. The van der Waals surface area contributed by atoms with Gasteiger partial charge in [-0.15, -0.1) is 0 Å². The molecule has 1 atom stereocenters. The molecule has 5 nitrogen and oxygen atoms in total. The zero-order valence-corrected chi connectivity index (χ0v) is 17.0. The average Bonchev–Trinajstić information content (AvgIpc) is 3.14. The Balaban J connectivity index is 1.30. The minimum absolute atomic E-state index is 0.342. The Morgan fingerprint density at radius 2 is 2.14 bits per heavy atom. The van der Waals surface area contributed by atoms with Crippen LogP contribution in [0.2, 0.25) is 0 Å². The van der Waals surface area contributed by atoms with Gasteiger partial charge in [0.25, 0.3) is 0 Å². The molecular weight excluding hydrogens is 358 g/mol. The molecule has 1 aliphatic heterocycles. The molecule has 5 heteroatoms. The smallest absolute Gasteiger partial charge is 0.0918 e. The van der Waals surface area contributed by atoms with Crippen molar-refractivity contribution in [2.24, 2.45) is 0 Å². The number of benzene rings is 1. The van der Waals surface area contributed by atoms with Gasteiger partial charge < -0.3 is 20.5 Å². The summed E-state index contributed by atoms with van der Waals surface area (Å²) in [6.07, 6.45) is 4.06. The van der Waals surface area contributed by atoms with Gasteiger partial charge in [-0.05, 0) is 55.5 Å². The lowest BCUT2D eigenvalue weighted by Crippen LogP contribution is -2.46. The quantitative estimate of drug-likeness (QED) is 0.570. The van der Waals surface area contributed by atoms with Crippen molar-refractivity contribution in [3.63, 3.8) is 0 Å². The van der Waals surface area contributed by atoms with Gasteiger partial charge in [-0.25, -0.2) is 0 Å². The second-order valence-corrected chi connectivity index (χ2v) is 7.81. The van der Waals surface area contributed by atoms with Gasteiger partial charge in [0.1, 0.15) is 0 Å². The fourth-order valence-electron chi connectivity index (χ4n) is 3.94. The molecule has 1 unspecified atom stereocenters. The summed E-state index contributed by atoms with van der Waals surface area (Å²) in [5, 5.41) is 8.20. The predicted molar refractivity (Wildman–Crippen MR) is 120 cm³/mol. The van der Waals surface area contributed by atoms with E-state index in [1.807, 2.05) is 24.4 Å². The first-order chi connectivity index (χ1) is 14.1. The van der Waals surface area contributed by atoms with E-state index < -0.39 is 0 Å². The van der Waals surface area contributed by atoms with Crippen molar-refractivity contribution >= 4 is 16.6 Å². The van der Waals surface area contributed by atoms with Crippen molar-refractivity contribution in [2.45, 2.75) is 32.4 Å². The van der Waals surface area contributed by atoms with Crippen LogP contribution in [0.1, 0.15) is 29.8 Å². The predicted octanol–water partition coefficient (Wildman–Crippen LogP) is 4.16. The van der Waals surface area contributed by atoms with E-state index >= 15 is 0 Å². The van der Waals surface area contributed by atoms with E-state index in [0.717, 1.165) is 55.4 Å². The van der Waals surface area contributed by atoms with Crippen molar-refractivity contribution < 1.29 is 0 Å². The third-order valence-corrected chi connectivity index (χ3v) is 5.47. The average molecular weight is 388 g/mol. The SMILES string of the molecule is C=C(NCc1cc2cc(C)ccc2[nH]1)NC1CCCN(C(=C)c2ccccn2)C1. The number of hydrogen-bond acceptors (Lipinski definition) is 4. The number of nitrogens with one attached hydrogen (secondary N) is 3. The van der Waals surface area contributed by atoms with Gasteiger partial charge in [0, 0.05) is 36.5 Å². The van der Waals surface area contributed by atoms with Gasteiger partial charge in [-0.3, -0.25) is 4.98 Å². The Kier molecular flexibility index (Phi) is 5.56. The molecule has 1 aromatic carbocycles. The second-order valence-electron chi connectivity index (χ2n) is 7.81. The Hall–Kier alpha value is -3.21. The molecule has 2 aromatic heterocycles. The molecule has 1 saturated heterocycles. The minimum Gasteiger partial charge on any atom is -0.368 e. The van der Waals surface area contributed by atoms with Crippen LogP contribution >= 0.6 is 0 Å². The lowest BCUT2D eigenvalue weighted by atomic mass is 10.0. The van der Waals surface area contributed by atoms with E-state index in [1.54, 1.807) is 0 Å². The number of aryl methyl sites for hydroxylation is 1. The zero-order valence-electron chi connectivity index (χ0n) is 17.0. The van der Waals surface area contributed by atoms with Crippen molar-refractivity contribution in [1.29, 1.82) is 0 Å². The minimum atomic E-state index is 0.342. The highest BCUT2D eigenvalue weighted by Gasteiger charge is 2.22. The molecule has 0 bridgehead atoms. The van der Waals surface area contributed by atoms with E-state index in [-0.39, 0.29) is 0 Å². The van der Waals surface area contributed by atoms with E-state index in [4.69, 9.17) is 0 Å². The highest BCUT2D eigenvalue weighted by molar-refractivity contribution is 5.81. The van der Waals surface area contributed by atoms with Gasteiger partial charge in [0.2, 0.25) is 0 Å². The van der Waals surface area contributed by atoms with Crippen LogP contribution in [0.15, 0.2) is 67.6 Å². The number of nitrogens with zero attached hydrogens (tertiary/aromatic N) is 2. The van der Waals surface area contributed by atoms with Gasteiger partial charge in [-0.2, -0.15) is 0 Å². The molecule has 0 aliphatic carbocycles. The second kappa shape index (κ2) is 8.43. The van der Waals surface area contributed by atoms with Gasteiger partial charge in [0.05, 0.1) is 23.8 Å². The van der Waals surface area contributed by atoms with Crippen LogP contribution in [-0.4, -0.2) is 34.0 Å². The van der Waals surface area contributed by atoms with Crippen LogP contribution in [0.4, 0.5) is 0 Å². The maximum absolute atomic E-state index is 4.43. The van der Waals surface area contributed by atoms with E-state index in [1.165, 1.54) is 16.5 Å². The molecule has 3 heterocycles. The first-order valence-corrected chi connectivity index (χ1v) is 10.2. The monoisotopic (exact) mass is 387 g/mol. The molecule has 29 heavy (non-hydrogen) atoms. The molecule has 1 fully saturated rings. The molecule has 0 spiro atoms. The molecule has 1 aliphatic rings. The number of likely N-dealkylation sites (tertiary alicyclic amines) is 1. The number of H-pyrrole nitrogens is 1. The Morgan fingerprint density at radius 1 is 1.24 bits per heavy atom. The summed E-state index contributed by atoms with van der Waals surface area (Å²) in [6, 6.07) is 15.0. The first-order valence-electron chi connectivity index (χ1n) is 10.2. The molecule has 3 N–H and O–H groups in total. The van der Waals surface area contributed by atoms with E-state index in [9.17, 15) is 0 Å². The maximum atomic E-state index is 4.43. The molecule has 0 radical (unpaired) electrons. The summed E-state index contributed by atoms with van der Waals surface area (Å²) in [5.74, 6) is 0.857. The van der Waals surface area contributed by atoms with E-state index in [2.05, 4.69) is 69.8 Å². The number of aromatic amines is 1. The third kappa shape index (κ3) is 4.62. The number of rotatable bonds is 7. The normalized spacial score (nSPS) is 16.6. The summed E-state index contributed by atoms with van der Waals surface area (Å²) in [7, 11) is 0. The summed E-state index contributed by atoms with van der Waals surface area (Å²) in [6.45, 7) is 13.2.